The predicted molar refractivity (Wildman–Crippen MR) is 86.9 cm³/mol. The molecule has 3 saturated heterocycles. The topological polar surface area (TPSA) is 53.6 Å². The monoisotopic (exact) mass is 309 g/mol. The number of piperidine rings is 2. The Labute approximate surface area is 134 Å². The predicted octanol–water partition coefficient (Wildman–Crippen LogP) is 1.28. The van der Waals surface area contributed by atoms with Crippen molar-refractivity contribution in [2.24, 2.45) is 0 Å². The summed E-state index contributed by atoms with van der Waals surface area (Å²) in [5, 5.41) is 6.61. The van der Waals surface area contributed by atoms with Crippen LogP contribution < -0.4 is 10.6 Å². The number of nitrogens with one attached hydrogen (secondary N) is 2. The molecule has 0 aromatic rings. The minimum Gasteiger partial charge on any atom is -0.381 e. The Morgan fingerprint density at radius 2 is 1.91 bits per heavy atom. The molecule has 0 radical (unpaired) electrons. The maximum atomic E-state index is 12.4. The van der Waals surface area contributed by atoms with Gasteiger partial charge in [0, 0.05) is 25.3 Å². The number of nitrogens with zero attached hydrogens (tertiary/aromatic N) is 1. The van der Waals surface area contributed by atoms with Crippen LogP contribution in [0, 0.1) is 0 Å². The normalized spacial score (nSPS) is 29.9. The second-order valence-corrected chi connectivity index (χ2v) is 7.10. The third-order valence-electron chi connectivity index (χ3n) is 5.67. The first-order valence-corrected chi connectivity index (χ1v) is 9.14. The molecule has 0 bridgehead atoms. The van der Waals surface area contributed by atoms with Crippen molar-refractivity contribution in [3.8, 4) is 0 Å². The lowest BCUT2D eigenvalue weighted by Crippen LogP contribution is -2.61. The highest BCUT2D eigenvalue weighted by Crippen LogP contribution is 2.30. The SMILES string of the molecule is O=C(NCC1(N2CCCCC2)CCOCC1)[C@H]1CCCCN1. The standard InChI is InChI=1S/C17H31N3O2/c21-16(15-6-2-3-9-18-15)19-14-17(7-12-22-13-8-17)20-10-4-1-5-11-20/h15,18H,1-14H2,(H,19,21)/t15-/m1/s1. The molecule has 0 spiro atoms. The van der Waals surface area contributed by atoms with E-state index in [2.05, 4.69) is 15.5 Å². The van der Waals surface area contributed by atoms with Gasteiger partial charge in [0.15, 0.2) is 0 Å². The minimum absolute atomic E-state index is 0.0204. The van der Waals surface area contributed by atoms with Gasteiger partial charge < -0.3 is 15.4 Å². The van der Waals surface area contributed by atoms with Crippen LogP contribution in [-0.4, -0.2) is 61.8 Å². The van der Waals surface area contributed by atoms with Crippen LogP contribution in [0.25, 0.3) is 0 Å². The molecule has 5 heteroatoms. The zero-order valence-electron chi connectivity index (χ0n) is 13.7. The van der Waals surface area contributed by atoms with Crippen molar-refractivity contribution < 1.29 is 9.53 Å². The van der Waals surface area contributed by atoms with Gasteiger partial charge in [-0.2, -0.15) is 0 Å². The molecule has 1 amide bonds. The van der Waals surface area contributed by atoms with Crippen LogP contribution in [0.5, 0.6) is 0 Å². The van der Waals surface area contributed by atoms with Gasteiger partial charge in [-0.05, 0) is 58.2 Å². The second-order valence-electron chi connectivity index (χ2n) is 7.10. The molecule has 3 heterocycles. The lowest BCUT2D eigenvalue weighted by molar-refractivity contribution is -0.125. The average Bonchev–Trinajstić information content (AvgIpc) is 2.62. The largest absolute Gasteiger partial charge is 0.381 e. The smallest absolute Gasteiger partial charge is 0.237 e. The molecule has 2 N–H and O–H groups in total. The fraction of sp³-hybridized carbons (Fsp3) is 0.941. The molecular weight excluding hydrogens is 278 g/mol. The van der Waals surface area contributed by atoms with Crippen molar-refractivity contribution in [1.29, 1.82) is 0 Å². The van der Waals surface area contributed by atoms with Gasteiger partial charge in [-0.1, -0.05) is 12.8 Å². The van der Waals surface area contributed by atoms with E-state index in [-0.39, 0.29) is 17.5 Å². The Morgan fingerprint density at radius 3 is 2.59 bits per heavy atom. The average molecular weight is 309 g/mol. The van der Waals surface area contributed by atoms with Crippen LogP contribution in [0.3, 0.4) is 0 Å². The number of carbonyl (C=O) groups excluding carboxylic acids is 1. The summed E-state index contributed by atoms with van der Waals surface area (Å²) in [5.41, 5.74) is 0.128. The molecule has 3 rings (SSSR count). The number of hydrogen-bond acceptors (Lipinski definition) is 4. The van der Waals surface area contributed by atoms with Crippen molar-refractivity contribution in [2.45, 2.75) is 62.9 Å². The lowest BCUT2D eigenvalue weighted by Gasteiger charge is -2.48. The Bertz CT molecular complexity index is 357. The van der Waals surface area contributed by atoms with Crippen LogP contribution in [0.15, 0.2) is 0 Å². The molecule has 0 aromatic heterocycles. The highest BCUT2D eigenvalue weighted by molar-refractivity contribution is 5.81. The molecule has 0 aliphatic carbocycles. The van der Waals surface area contributed by atoms with E-state index in [0.717, 1.165) is 52.0 Å². The van der Waals surface area contributed by atoms with Gasteiger partial charge in [0.1, 0.15) is 0 Å². The first-order valence-electron chi connectivity index (χ1n) is 9.14. The van der Waals surface area contributed by atoms with E-state index in [4.69, 9.17) is 4.74 Å². The molecule has 0 aromatic carbocycles. The zero-order valence-corrected chi connectivity index (χ0v) is 13.7. The van der Waals surface area contributed by atoms with Crippen LogP contribution in [0.4, 0.5) is 0 Å². The van der Waals surface area contributed by atoms with Gasteiger partial charge in [0.05, 0.1) is 6.04 Å². The number of hydrogen-bond donors (Lipinski definition) is 2. The van der Waals surface area contributed by atoms with Crippen LogP contribution >= 0.6 is 0 Å². The fourth-order valence-electron chi connectivity index (χ4n) is 4.17. The zero-order chi connectivity index (χ0) is 15.3. The number of rotatable bonds is 4. The maximum Gasteiger partial charge on any atom is 0.237 e. The van der Waals surface area contributed by atoms with Crippen LogP contribution in [0.2, 0.25) is 0 Å². The van der Waals surface area contributed by atoms with E-state index in [9.17, 15) is 4.79 Å². The van der Waals surface area contributed by atoms with E-state index in [1.165, 1.54) is 38.8 Å². The molecule has 3 aliphatic rings. The van der Waals surface area contributed by atoms with E-state index < -0.39 is 0 Å². The molecule has 126 valence electrons. The van der Waals surface area contributed by atoms with Gasteiger partial charge in [0.2, 0.25) is 5.91 Å². The van der Waals surface area contributed by atoms with Gasteiger partial charge in [0.25, 0.3) is 0 Å². The quantitative estimate of drug-likeness (QED) is 0.821. The first kappa shape index (κ1) is 16.2. The summed E-state index contributed by atoms with van der Waals surface area (Å²) in [5.74, 6) is 0.197. The summed E-state index contributed by atoms with van der Waals surface area (Å²) in [7, 11) is 0. The van der Waals surface area contributed by atoms with Gasteiger partial charge in [-0.25, -0.2) is 0 Å². The third-order valence-corrected chi connectivity index (χ3v) is 5.67. The molecule has 22 heavy (non-hydrogen) atoms. The summed E-state index contributed by atoms with van der Waals surface area (Å²) < 4.78 is 5.59. The number of ether oxygens (including phenoxy) is 1. The maximum absolute atomic E-state index is 12.4. The van der Waals surface area contributed by atoms with E-state index in [0.29, 0.717) is 0 Å². The van der Waals surface area contributed by atoms with Crippen molar-refractivity contribution in [3.05, 3.63) is 0 Å². The number of carbonyl (C=O) groups is 1. The molecule has 3 fully saturated rings. The number of likely N-dealkylation sites (tertiary alicyclic amines) is 1. The first-order chi connectivity index (χ1) is 10.8. The van der Waals surface area contributed by atoms with Gasteiger partial charge >= 0.3 is 0 Å². The summed E-state index contributed by atoms with van der Waals surface area (Å²) >= 11 is 0. The highest BCUT2D eigenvalue weighted by Gasteiger charge is 2.39. The molecule has 1 atom stereocenters. The Morgan fingerprint density at radius 1 is 1.14 bits per heavy atom. The Hall–Kier alpha value is -0.650. The summed E-state index contributed by atoms with van der Waals surface area (Å²) in [4.78, 5) is 15.1. The van der Waals surface area contributed by atoms with Crippen molar-refractivity contribution >= 4 is 5.91 Å². The van der Waals surface area contributed by atoms with Gasteiger partial charge in [-0.15, -0.1) is 0 Å². The fourth-order valence-corrected chi connectivity index (χ4v) is 4.17. The Balaban J connectivity index is 1.58. The molecule has 5 nitrogen and oxygen atoms in total. The van der Waals surface area contributed by atoms with E-state index in [1.807, 2.05) is 0 Å². The van der Waals surface area contributed by atoms with Crippen molar-refractivity contribution in [1.82, 2.24) is 15.5 Å². The second kappa shape index (κ2) is 7.75. The molecule has 0 saturated carbocycles. The summed E-state index contributed by atoms with van der Waals surface area (Å²) in [6.07, 6.45) is 9.36. The number of amides is 1. The van der Waals surface area contributed by atoms with Gasteiger partial charge in [-0.3, -0.25) is 9.69 Å². The van der Waals surface area contributed by atoms with Crippen LogP contribution in [0.1, 0.15) is 51.4 Å². The summed E-state index contributed by atoms with van der Waals surface area (Å²) in [6, 6.07) is 0.0204. The molecule has 3 aliphatic heterocycles. The van der Waals surface area contributed by atoms with Crippen molar-refractivity contribution in [2.75, 3.05) is 39.4 Å². The summed E-state index contributed by atoms with van der Waals surface area (Å²) in [6.45, 7) is 5.77. The Kier molecular flexibility index (Phi) is 5.71. The van der Waals surface area contributed by atoms with E-state index in [1.54, 1.807) is 0 Å². The van der Waals surface area contributed by atoms with Crippen molar-refractivity contribution in [3.63, 3.8) is 0 Å². The van der Waals surface area contributed by atoms with E-state index >= 15 is 0 Å². The molecule has 0 unspecified atom stereocenters. The third kappa shape index (κ3) is 3.81. The van der Waals surface area contributed by atoms with Crippen LogP contribution in [-0.2, 0) is 9.53 Å². The minimum atomic E-state index is 0.0204. The molecular formula is C17H31N3O2. The highest BCUT2D eigenvalue weighted by atomic mass is 16.5. The lowest BCUT2D eigenvalue weighted by atomic mass is 9.86.